The Morgan fingerprint density at radius 1 is 1.41 bits per heavy atom. The van der Waals surface area contributed by atoms with Crippen molar-refractivity contribution >= 4 is 8.32 Å². The Balaban J connectivity index is 2.38. The molecule has 1 heterocycles. The molecule has 0 aliphatic carbocycles. The van der Waals surface area contributed by atoms with Crippen LogP contribution in [0.1, 0.15) is 45.8 Å². The largest absolute Gasteiger partial charge is 0.448 e. The Morgan fingerprint density at radius 3 is 2.53 bits per heavy atom. The predicted molar refractivity (Wildman–Crippen MR) is 72.7 cm³/mol. The Kier molecular flexibility index (Phi) is 4.55. The van der Waals surface area contributed by atoms with Crippen molar-refractivity contribution in [3.63, 3.8) is 0 Å². The van der Waals surface area contributed by atoms with Gasteiger partial charge in [0.15, 0.2) is 14.7 Å². The molecule has 1 atom stereocenters. The van der Waals surface area contributed by atoms with E-state index in [-0.39, 0.29) is 5.04 Å². The van der Waals surface area contributed by atoms with E-state index in [1.54, 1.807) is 6.20 Å². The lowest BCUT2D eigenvalue weighted by Crippen LogP contribution is -2.41. The number of hydrogen-bond acceptors (Lipinski definition) is 3. The summed E-state index contributed by atoms with van der Waals surface area (Å²) in [5, 5.41) is 0.280. The molecule has 0 spiro atoms. The Morgan fingerprint density at radius 2 is 2.06 bits per heavy atom. The summed E-state index contributed by atoms with van der Waals surface area (Å²) in [5.41, 5.74) is 0. The molecule has 0 amide bonds. The van der Waals surface area contributed by atoms with E-state index in [9.17, 15) is 0 Å². The third-order valence-corrected chi connectivity index (χ3v) is 8.30. The van der Waals surface area contributed by atoms with Gasteiger partial charge in [-0.3, -0.25) is 0 Å². The van der Waals surface area contributed by atoms with Crippen molar-refractivity contribution in [3.8, 4) is 0 Å². The Hall–Kier alpha value is -0.613. The summed E-state index contributed by atoms with van der Waals surface area (Å²) in [4.78, 5) is 3.94. The topological polar surface area (TPSA) is 35.3 Å². The van der Waals surface area contributed by atoms with Gasteiger partial charge in [-0.25, -0.2) is 4.98 Å². The summed E-state index contributed by atoms with van der Waals surface area (Å²) in [6, 6.07) is 0. The van der Waals surface area contributed by atoms with Gasteiger partial charge in [0.05, 0.1) is 6.20 Å². The van der Waals surface area contributed by atoms with Gasteiger partial charge in [0.1, 0.15) is 5.76 Å². The summed E-state index contributed by atoms with van der Waals surface area (Å²) >= 11 is 0. The van der Waals surface area contributed by atoms with Gasteiger partial charge in [0.25, 0.3) is 0 Å². The van der Waals surface area contributed by atoms with E-state index >= 15 is 0 Å². The van der Waals surface area contributed by atoms with E-state index < -0.39 is 8.32 Å². The lowest BCUT2D eigenvalue weighted by molar-refractivity contribution is 0.268. The molecular weight excluding hydrogens is 230 g/mol. The van der Waals surface area contributed by atoms with Crippen molar-refractivity contribution in [1.29, 1.82) is 0 Å². The SMILES string of the molecule is CC(CCO[Si](C)(C)C(C)(C)C)c1cnco1. The van der Waals surface area contributed by atoms with Crippen molar-refractivity contribution in [3.05, 3.63) is 18.4 Å². The molecule has 0 aliphatic heterocycles. The van der Waals surface area contributed by atoms with Crippen LogP contribution < -0.4 is 0 Å². The molecule has 1 unspecified atom stereocenters. The smallest absolute Gasteiger partial charge is 0.191 e. The van der Waals surface area contributed by atoms with Crippen LogP contribution in [0.2, 0.25) is 18.1 Å². The van der Waals surface area contributed by atoms with Crippen LogP contribution in [0.25, 0.3) is 0 Å². The third-order valence-electron chi connectivity index (χ3n) is 3.76. The maximum Gasteiger partial charge on any atom is 0.191 e. The summed E-state index contributed by atoms with van der Waals surface area (Å²) in [6.45, 7) is 14.3. The van der Waals surface area contributed by atoms with Crippen LogP contribution in [0.5, 0.6) is 0 Å². The molecule has 0 saturated carbocycles. The molecule has 3 nitrogen and oxygen atoms in total. The highest BCUT2D eigenvalue weighted by Crippen LogP contribution is 2.36. The number of hydrogen-bond donors (Lipinski definition) is 0. The Labute approximate surface area is 106 Å². The second-order valence-corrected chi connectivity index (χ2v) is 11.0. The van der Waals surface area contributed by atoms with Crippen LogP contribution in [0.4, 0.5) is 0 Å². The van der Waals surface area contributed by atoms with Crippen LogP contribution >= 0.6 is 0 Å². The highest BCUT2D eigenvalue weighted by molar-refractivity contribution is 6.74. The fraction of sp³-hybridized carbons (Fsp3) is 0.769. The van der Waals surface area contributed by atoms with Crippen LogP contribution in [0, 0.1) is 0 Å². The van der Waals surface area contributed by atoms with Crippen molar-refractivity contribution < 1.29 is 8.84 Å². The molecule has 4 heteroatoms. The zero-order chi connectivity index (χ0) is 13.1. The van der Waals surface area contributed by atoms with E-state index in [0.717, 1.165) is 18.8 Å². The van der Waals surface area contributed by atoms with Crippen LogP contribution in [-0.2, 0) is 4.43 Å². The monoisotopic (exact) mass is 255 g/mol. The fourth-order valence-corrected chi connectivity index (χ4v) is 2.38. The fourth-order valence-electron chi connectivity index (χ4n) is 1.32. The van der Waals surface area contributed by atoms with Crippen molar-refractivity contribution in [1.82, 2.24) is 4.98 Å². The lowest BCUT2D eigenvalue weighted by Gasteiger charge is -2.36. The zero-order valence-electron chi connectivity index (χ0n) is 11.9. The average molecular weight is 255 g/mol. The summed E-state index contributed by atoms with van der Waals surface area (Å²) in [6.07, 6.45) is 4.26. The quantitative estimate of drug-likeness (QED) is 0.740. The molecule has 0 N–H and O–H groups in total. The van der Waals surface area contributed by atoms with Gasteiger partial charge >= 0.3 is 0 Å². The maximum atomic E-state index is 6.14. The van der Waals surface area contributed by atoms with Gasteiger partial charge in [-0.05, 0) is 24.6 Å². The van der Waals surface area contributed by atoms with E-state index in [1.807, 2.05) is 0 Å². The van der Waals surface area contributed by atoms with Gasteiger partial charge in [-0.1, -0.05) is 27.7 Å². The Bertz CT molecular complexity index is 328. The second-order valence-electron chi connectivity index (χ2n) is 6.20. The number of rotatable bonds is 5. The molecular formula is C13H25NO2Si. The van der Waals surface area contributed by atoms with E-state index in [1.165, 1.54) is 6.39 Å². The molecule has 0 fully saturated rings. The first-order chi connectivity index (χ1) is 7.74. The van der Waals surface area contributed by atoms with Crippen LogP contribution in [0.3, 0.4) is 0 Å². The summed E-state index contributed by atoms with van der Waals surface area (Å²) < 4.78 is 11.4. The number of nitrogens with zero attached hydrogens (tertiary/aromatic N) is 1. The summed E-state index contributed by atoms with van der Waals surface area (Å²) in [5.74, 6) is 1.33. The molecule has 0 saturated heterocycles. The van der Waals surface area contributed by atoms with Gasteiger partial charge in [-0.15, -0.1) is 0 Å². The molecule has 98 valence electrons. The van der Waals surface area contributed by atoms with Gasteiger partial charge < -0.3 is 8.84 Å². The molecule has 0 radical (unpaired) electrons. The number of aromatic nitrogens is 1. The van der Waals surface area contributed by atoms with Crippen molar-refractivity contribution in [2.45, 2.75) is 58.2 Å². The minimum atomic E-state index is -1.60. The van der Waals surface area contributed by atoms with Crippen LogP contribution in [-0.4, -0.2) is 19.9 Å². The van der Waals surface area contributed by atoms with E-state index in [2.05, 4.69) is 45.8 Å². The van der Waals surface area contributed by atoms with Crippen molar-refractivity contribution in [2.75, 3.05) is 6.61 Å². The predicted octanol–water partition coefficient (Wildman–Crippen LogP) is 4.19. The number of oxazole rings is 1. The normalized spacial score (nSPS) is 14.9. The molecule has 1 aromatic rings. The van der Waals surface area contributed by atoms with E-state index in [4.69, 9.17) is 8.84 Å². The van der Waals surface area contributed by atoms with Gasteiger partial charge in [0.2, 0.25) is 0 Å². The third kappa shape index (κ3) is 3.96. The highest BCUT2D eigenvalue weighted by atomic mass is 28.4. The first-order valence-electron chi connectivity index (χ1n) is 6.26. The zero-order valence-corrected chi connectivity index (χ0v) is 12.9. The maximum absolute atomic E-state index is 6.14. The van der Waals surface area contributed by atoms with E-state index in [0.29, 0.717) is 5.92 Å². The molecule has 0 aromatic carbocycles. The molecule has 1 rings (SSSR count). The summed E-state index contributed by atoms with van der Waals surface area (Å²) in [7, 11) is -1.60. The van der Waals surface area contributed by atoms with Gasteiger partial charge in [-0.2, -0.15) is 0 Å². The second kappa shape index (κ2) is 5.36. The molecule has 0 bridgehead atoms. The molecule has 17 heavy (non-hydrogen) atoms. The minimum Gasteiger partial charge on any atom is -0.448 e. The van der Waals surface area contributed by atoms with Gasteiger partial charge in [0, 0.05) is 12.5 Å². The van der Waals surface area contributed by atoms with Crippen LogP contribution in [0.15, 0.2) is 17.0 Å². The highest BCUT2D eigenvalue weighted by Gasteiger charge is 2.36. The minimum absolute atomic E-state index is 0.280. The first-order valence-corrected chi connectivity index (χ1v) is 9.17. The molecule has 0 aliphatic rings. The standard InChI is InChI=1S/C13H25NO2Si/c1-11(12-9-14-10-15-12)7-8-16-17(5,6)13(2,3)4/h9-11H,7-8H2,1-6H3. The van der Waals surface area contributed by atoms with Crippen molar-refractivity contribution in [2.24, 2.45) is 0 Å². The lowest BCUT2D eigenvalue weighted by atomic mass is 10.1. The average Bonchev–Trinajstić information content (AvgIpc) is 2.67. The molecule has 1 aromatic heterocycles. The first kappa shape index (κ1) is 14.4.